The van der Waals surface area contributed by atoms with Gasteiger partial charge in [-0.05, 0) is 38.3 Å². The normalized spacial score (nSPS) is 24.2. The summed E-state index contributed by atoms with van der Waals surface area (Å²) in [5, 5.41) is 5.57. The minimum Gasteiger partial charge on any atom is -0.368 e. The van der Waals surface area contributed by atoms with Crippen LogP contribution in [0.15, 0.2) is 30.3 Å². The Labute approximate surface area is 148 Å². The summed E-state index contributed by atoms with van der Waals surface area (Å²) < 4.78 is 5.34. The first-order valence-electron chi connectivity index (χ1n) is 8.57. The molecule has 1 saturated heterocycles. The molecule has 1 aromatic rings. The van der Waals surface area contributed by atoms with Crippen LogP contribution in [0.2, 0.25) is 0 Å². The Morgan fingerprint density at radius 3 is 2.44 bits per heavy atom. The Bertz CT molecular complexity index is 644. The molecule has 0 radical (unpaired) electrons. The highest BCUT2D eigenvalue weighted by Gasteiger charge is 2.47. The lowest BCUT2D eigenvalue weighted by atomic mass is 9.92. The number of hydrogen-bond acceptors (Lipinski definition) is 4. The minimum absolute atomic E-state index is 0.0107. The summed E-state index contributed by atoms with van der Waals surface area (Å²) in [6, 6.07) is 8.02. The molecule has 0 aliphatic carbocycles. The smallest absolute Gasteiger partial charge is 0.251 e. The number of hydrogen-bond donors (Lipinski definition) is 2. The van der Waals surface area contributed by atoms with Gasteiger partial charge in [-0.3, -0.25) is 14.4 Å². The van der Waals surface area contributed by atoms with Crippen molar-refractivity contribution < 1.29 is 19.1 Å². The van der Waals surface area contributed by atoms with Crippen LogP contribution in [0.3, 0.4) is 0 Å². The summed E-state index contributed by atoms with van der Waals surface area (Å²) in [5.74, 6) is -0.640. The topological polar surface area (TPSA) is 84.5 Å². The molecule has 1 fully saturated rings. The van der Waals surface area contributed by atoms with Crippen molar-refractivity contribution in [2.24, 2.45) is 5.92 Å². The SMILES string of the molecule is CC(C)CC(NC(=O)c1ccccc1)C(=O)NC1(C)C(=O)COC1C. The van der Waals surface area contributed by atoms with E-state index in [-0.39, 0.29) is 30.1 Å². The van der Waals surface area contributed by atoms with E-state index >= 15 is 0 Å². The Balaban J connectivity index is 2.12. The maximum absolute atomic E-state index is 12.8. The van der Waals surface area contributed by atoms with E-state index < -0.39 is 17.7 Å². The Hall–Kier alpha value is -2.21. The van der Waals surface area contributed by atoms with Crippen LogP contribution in [0.5, 0.6) is 0 Å². The second kappa shape index (κ2) is 7.78. The van der Waals surface area contributed by atoms with Gasteiger partial charge in [0.05, 0.1) is 6.10 Å². The fraction of sp³-hybridized carbons (Fsp3) is 0.526. The second-order valence-electron chi connectivity index (χ2n) is 7.09. The summed E-state index contributed by atoms with van der Waals surface area (Å²) in [4.78, 5) is 37.3. The molecule has 1 aliphatic rings. The fourth-order valence-electron chi connectivity index (χ4n) is 2.79. The highest BCUT2D eigenvalue weighted by molar-refractivity contribution is 6.00. The Kier molecular flexibility index (Phi) is 5.95. The van der Waals surface area contributed by atoms with Crippen LogP contribution in [-0.2, 0) is 14.3 Å². The van der Waals surface area contributed by atoms with E-state index in [0.717, 1.165) is 0 Å². The molecule has 6 nitrogen and oxygen atoms in total. The summed E-state index contributed by atoms with van der Waals surface area (Å²) in [6.45, 7) is 7.36. The number of Topliss-reactive ketones (excluding diaryl/α,β-unsaturated/α-hetero) is 1. The minimum atomic E-state index is -1.07. The molecule has 2 amide bonds. The average Bonchev–Trinajstić information content (AvgIpc) is 2.82. The molecular weight excluding hydrogens is 320 g/mol. The largest absolute Gasteiger partial charge is 0.368 e. The number of carbonyl (C=O) groups is 3. The van der Waals surface area contributed by atoms with Crippen molar-refractivity contribution in [1.29, 1.82) is 0 Å². The molecule has 0 saturated carbocycles. The molecule has 136 valence electrons. The second-order valence-corrected chi connectivity index (χ2v) is 7.09. The van der Waals surface area contributed by atoms with Gasteiger partial charge >= 0.3 is 0 Å². The predicted octanol–water partition coefficient (Wildman–Crippen LogP) is 1.69. The van der Waals surface area contributed by atoms with Gasteiger partial charge in [0.15, 0.2) is 5.78 Å². The van der Waals surface area contributed by atoms with Crippen molar-refractivity contribution in [1.82, 2.24) is 10.6 Å². The van der Waals surface area contributed by atoms with Crippen molar-refractivity contribution in [3.63, 3.8) is 0 Å². The molecule has 1 aromatic carbocycles. The number of carbonyl (C=O) groups excluding carboxylic acids is 3. The van der Waals surface area contributed by atoms with E-state index in [9.17, 15) is 14.4 Å². The van der Waals surface area contributed by atoms with Crippen molar-refractivity contribution in [3.05, 3.63) is 35.9 Å². The van der Waals surface area contributed by atoms with Crippen molar-refractivity contribution >= 4 is 17.6 Å². The molecular formula is C19H26N2O4. The van der Waals surface area contributed by atoms with Crippen LogP contribution in [0.4, 0.5) is 0 Å². The molecule has 0 spiro atoms. The highest BCUT2D eigenvalue weighted by atomic mass is 16.5. The molecule has 1 heterocycles. The number of rotatable bonds is 6. The maximum atomic E-state index is 12.8. The van der Waals surface area contributed by atoms with Crippen LogP contribution >= 0.6 is 0 Å². The molecule has 2 N–H and O–H groups in total. The van der Waals surface area contributed by atoms with Gasteiger partial charge in [-0.15, -0.1) is 0 Å². The number of amides is 2. The first-order valence-corrected chi connectivity index (χ1v) is 8.57. The van der Waals surface area contributed by atoms with Gasteiger partial charge in [0.2, 0.25) is 5.91 Å². The monoisotopic (exact) mass is 346 g/mol. The van der Waals surface area contributed by atoms with E-state index in [1.807, 2.05) is 19.9 Å². The zero-order chi connectivity index (χ0) is 18.6. The van der Waals surface area contributed by atoms with Crippen molar-refractivity contribution in [2.75, 3.05) is 6.61 Å². The summed E-state index contributed by atoms with van der Waals surface area (Å²) in [5.41, 5.74) is -0.576. The van der Waals surface area contributed by atoms with E-state index in [4.69, 9.17) is 4.74 Å². The molecule has 25 heavy (non-hydrogen) atoms. The van der Waals surface area contributed by atoms with Crippen molar-refractivity contribution in [2.45, 2.75) is 51.8 Å². The van der Waals surface area contributed by atoms with Crippen molar-refractivity contribution in [3.8, 4) is 0 Å². The standard InChI is InChI=1S/C19H26N2O4/c1-12(2)10-15(20-17(23)14-8-6-5-7-9-14)18(24)21-19(4)13(3)25-11-16(19)22/h5-9,12-13,15H,10-11H2,1-4H3,(H,20,23)(H,21,24). The van der Waals surface area contributed by atoms with Gasteiger partial charge in [-0.2, -0.15) is 0 Å². The van der Waals surface area contributed by atoms with Crippen LogP contribution < -0.4 is 10.6 Å². The van der Waals surface area contributed by atoms with E-state index in [1.54, 1.807) is 38.1 Å². The quantitative estimate of drug-likeness (QED) is 0.821. The Morgan fingerprint density at radius 1 is 1.28 bits per heavy atom. The third-order valence-electron chi connectivity index (χ3n) is 4.60. The van der Waals surface area contributed by atoms with E-state index in [2.05, 4.69) is 10.6 Å². The molecule has 6 heteroatoms. The van der Waals surface area contributed by atoms with Crippen LogP contribution in [0.1, 0.15) is 44.5 Å². The third-order valence-corrected chi connectivity index (χ3v) is 4.60. The summed E-state index contributed by atoms with van der Waals surface area (Å²) in [7, 11) is 0. The van der Waals surface area contributed by atoms with Gasteiger partial charge in [0.1, 0.15) is 18.2 Å². The molecule has 1 aliphatic heterocycles. The Morgan fingerprint density at radius 2 is 1.92 bits per heavy atom. The predicted molar refractivity (Wildman–Crippen MR) is 94.1 cm³/mol. The van der Waals surface area contributed by atoms with Gasteiger partial charge in [-0.1, -0.05) is 32.0 Å². The number of ether oxygens (including phenoxy) is 1. The third kappa shape index (κ3) is 4.45. The van der Waals surface area contributed by atoms with E-state index in [0.29, 0.717) is 12.0 Å². The van der Waals surface area contributed by atoms with Gasteiger partial charge in [-0.25, -0.2) is 0 Å². The molecule has 3 unspecified atom stereocenters. The van der Waals surface area contributed by atoms with Gasteiger partial charge in [0.25, 0.3) is 5.91 Å². The number of ketones is 1. The summed E-state index contributed by atoms with van der Waals surface area (Å²) in [6.07, 6.45) is 0.0673. The van der Waals surface area contributed by atoms with Crippen LogP contribution in [0.25, 0.3) is 0 Å². The molecule has 3 atom stereocenters. The fourth-order valence-corrected chi connectivity index (χ4v) is 2.79. The molecule has 2 rings (SSSR count). The number of benzene rings is 1. The molecule has 0 bridgehead atoms. The zero-order valence-corrected chi connectivity index (χ0v) is 15.2. The lowest BCUT2D eigenvalue weighted by Crippen LogP contribution is -2.60. The van der Waals surface area contributed by atoms with Gasteiger partial charge in [0, 0.05) is 5.56 Å². The highest BCUT2D eigenvalue weighted by Crippen LogP contribution is 2.22. The summed E-state index contributed by atoms with van der Waals surface area (Å²) >= 11 is 0. The van der Waals surface area contributed by atoms with E-state index in [1.165, 1.54) is 0 Å². The van der Waals surface area contributed by atoms with Gasteiger partial charge < -0.3 is 15.4 Å². The van der Waals surface area contributed by atoms with Crippen LogP contribution in [0, 0.1) is 5.92 Å². The average molecular weight is 346 g/mol. The first-order chi connectivity index (χ1) is 11.7. The lowest BCUT2D eigenvalue weighted by molar-refractivity contribution is -0.130. The van der Waals surface area contributed by atoms with Crippen LogP contribution in [-0.4, -0.2) is 41.9 Å². The maximum Gasteiger partial charge on any atom is 0.251 e. The lowest BCUT2D eigenvalue weighted by Gasteiger charge is -2.30. The molecule has 0 aromatic heterocycles. The number of nitrogens with one attached hydrogen (secondary N) is 2. The first kappa shape index (κ1) is 19.1. The zero-order valence-electron chi connectivity index (χ0n) is 15.2.